The number of halogens is 2. The largest absolute Gasteiger partial charge is 0.434 e. The summed E-state index contributed by atoms with van der Waals surface area (Å²) in [7, 11) is 0. The number of nitrogens with zero attached hydrogens (tertiary/aromatic N) is 5. The van der Waals surface area contributed by atoms with E-state index < -0.39 is 11.6 Å². The Labute approximate surface area is 287 Å². The van der Waals surface area contributed by atoms with Crippen molar-refractivity contribution in [1.29, 1.82) is 5.26 Å². The van der Waals surface area contributed by atoms with E-state index in [1.54, 1.807) is 24.4 Å². The van der Waals surface area contributed by atoms with E-state index in [0.29, 0.717) is 66.1 Å². The number of carbonyl (C=O) groups is 1. The van der Waals surface area contributed by atoms with E-state index in [0.717, 1.165) is 44.5 Å². The van der Waals surface area contributed by atoms with Crippen molar-refractivity contribution in [2.45, 2.75) is 50.6 Å². The molecule has 2 N–H and O–H groups in total. The molecule has 0 saturated carbocycles. The van der Waals surface area contributed by atoms with E-state index >= 15 is 0 Å². The monoisotopic (exact) mass is 687 g/mol. The van der Waals surface area contributed by atoms with Gasteiger partial charge in [0.2, 0.25) is 0 Å². The summed E-state index contributed by atoms with van der Waals surface area (Å²) in [5.74, 6) is -1.08. The average molecular weight is 688 g/mol. The molecule has 10 nitrogen and oxygen atoms in total. The van der Waals surface area contributed by atoms with Crippen LogP contribution in [0.3, 0.4) is 0 Å². The molecule has 2 aliphatic heterocycles. The highest BCUT2D eigenvalue weighted by molar-refractivity contribution is 7.23. The third kappa shape index (κ3) is 4.89. The second-order valence-corrected chi connectivity index (χ2v) is 13.9. The van der Waals surface area contributed by atoms with Gasteiger partial charge < -0.3 is 14.6 Å². The minimum absolute atomic E-state index is 0.0320. The molecular weight excluding hydrogens is 661 g/mol. The Morgan fingerprint density at radius 1 is 1.06 bits per heavy atom. The lowest BCUT2D eigenvalue weighted by molar-refractivity contribution is 0.0776. The van der Waals surface area contributed by atoms with Crippen LogP contribution in [0.5, 0.6) is 0 Å². The summed E-state index contributed by atoms with van der Waals surface area (Å²) in [6.07, 6.45) is 5.74. The second kappa shape index (κ2) is 11.7. The standard InChI is InChI=1S/C37H27F2N7O3S/c38-22-7-3-18(4-8-22)5-9-26-29(35-44-45-37(48)49-35)30(31-32(42-26)27-2-1-13-46(27)36(31)47)28-15-20-11-12-41-34(33(20)50-28)43-25-10-6-19-14-21(17-40)24(39)16-23(19)25/h3-4,7-8,11-12,14-16,25,27H,1-2,5-6,9-10,13H2,(H,41,43)(H,45,48)/t25-,27?/m0/s1. The molecule has 1 amide bonds. The Kier molecular flexibility index (Phi) is 7.10. The molecule has 248 valence electrons. The lowest BCUT2D eigenvalue weighted by Crippen LogP contribution is -2.22. The fraction of sp³-hybridized carbons (Fsp3) is 0.243. The van der Waals surface area contributed by atoms with Crippen molar-refractivity contribution < 1.29 is 18.0 Å². The Balaban J connectivity index is 1.20. The van der Waals surface area contributed by atoms with E-state index in [1.165, 1.54) is 29.5 Å². The highest BCUT2D eigenvalue weighted by atomic mass is 32.1. The molecular formula is C37H27F2N7O3S. The van der Waals surface area contributed by atoms with Gasteiger partial charge in [-0.3, -0.25) is 9.78 Å². The fourth-order valence-electron chi connectivity index (χ4n) is 7.68. The van der Waals surface area contributed by atoms with Crippen LogP contribution in [0, 0.1) is 23.0 Å². The molecule has 2 aromatic carbocycles. The molecule has 1 unspecified atom stereocenters. The summed E-state index contributed by atoms with van der Waals surface area (Å²) in [6, 6.07) is 14.8. The number of benzene rings is 2. The van der Waals surface area contributed by atoms with Gasteiger partial charge in [0.15, 0.2) is 0 Å². The first-order chi connectivity index (χ1) is 24.4. The number of nitriles is 1. The van der Waals surface area contributed by atoms with Gasteiger partial charge in [-0.1, -0.05) is 12.1 Å². The van der Waals surface area contributed by atoms with Crippen molar-refractivity contribution in [2.24, 2.45) is 0 Å². The SMILES string of the molecule is N#Cc1cc2c(cc1F)[C@@H](Nc1nccc3cc(-c4c5c(nc(CCc6ccc(F)cc6)c4-c4n[nH]c(=O)o4)C4CCCN4C5=O)sc13)CC2. The summed E-state index contributed by atoms with van der Waals surface area (Å²) in [5.41, 5.74) is 5.54. The normalized spacial score (nSPS) is 17.6. The number of hydrogen-bond donors (Lipinski definition) is 2. The molecule has 50 heavy (non-hydrogen) atoms. The van der Waals surface area contributed by atoms with E-state index in [1.807, 2.05) is 23.1 Å². The maximum Gasteiger partial charge on any atom is 0.434 e. The van der Waals surface area contributed by atoms with Crippen molar-refractivity contribution >= 4 is 33.1 Å². The molecule has 0 radical (unpaired) electrons. The third-order valence-electron chi connectivity index (χ3n) is 9.98. The Morgan fingerprint density at radius 3 is 2.72 bits per heavy atom. The number of rotatable bonds is 7. The zero-order valence-electron chi connectivity index (χ0n) is 26.4. The average Bonchev–Trinajstić information content (AvgIpc) is 3.96. The first kappa shape index (κ1) is 30.3. The van der Waals surface area contributed by atoms with Crippen LogP contribution in [0.4, 0.5) is 14.6 Å². The number of thiophene rings is 1. The molecule has 1 fully saturated rings. The van der Waals surface area contributed by atoms with Crippen molar-refractivity contribution in [1.82, 2.24) is 25.1 Å². The number of pyridine rings is 2. The number of H-pyrrole nitrogens is 1. The van der Waals surface area contributed by atoms with E-state index in [-0.39, 0.29) is 35.3 Å². The van der Waals surface area contributed by atoms with Crippen LogP contribution >= 0.6 is 11.3 Å². The van der Waals surface area contributed by atoms with E-state index in [2.05, 4.69) is 20.5 Å². The van der Waals surface area contributed by atoms with Crippen LogP contribution in [0.25, 0.3) is 32.0 Å². The number of aryl methyl sites for hydroxylation is 3. The molecule has 6 heterocycles. The number of aromatic nitrogens is 4. The van der Waals surface area contributed by atoms with Crippen molar-refractivity contribution in [3.8, 4) is 28.0 Å². The zero-order valence-corrected chi connectivity index (χ0v) is 27.2. The Hall–Kier alpha value is -5.74. The van der Waals surface area contributed by atoms with Gasteiger partial charge in [0.05, 0.1) is 44.9 Å². The molecule has 0 bridgehead atoms. The minimum atomic E-state index is -0.731. The van der Waals surface area contributed by atoms with Crippen LogP contribution in [0.2, 0.25) is 0 Å². The molecule has 6 aromatic rings. The van der Waals surface area contributed by atoms with Crippen LogP contribution in [0.1, 0.15) is 75.3 Å². The topological polar surface area (TPSA) is 141 Å². The molecule has 4 aromatic heterocycles. The smallest absolute Gasteiger partial charge is 0.388 e. The zero-order chi connectivity index (χ0) is 34.1. The maximum absolute atomic E-state index is 14.7. The van der Waals surface area contributed by atoms with Crippen LogP contribution in [-0.2, 0) is 19.3 Å². The molecule has 1 aliphatic carbocycles. The number of anilines is 1. The van der Waals surface area contributed by atoms with Gasteiger partial charge >= 0.3 is 5.76 Å². The van der Waals surface area contributed by atoms with Gasteiger partial charge in [-0.2, -0.15) is 5.26 Å². The number of fused-ring (bicyclic) bond motifs is 5. The molecule has 13 heteroatoms. The molecule has 9 rings (SSSR count). The molecule has 0 spiro atoms. The molecule has 1 saturated heterocycles. The van der Waals surface area contributed by atoms with Crippen LogP contribution in [-0.4, -0.2) is 37.5 Å². The number of amides is 1. The third-order valence-corrected chi connectivity index (χ3v) is 11.2. The van der Waals surface area contributed by atoms with E-state index in [9.17, 15) is 23.6 Å². The van der Waals surface area contributed by atoms with Gasteiger partial charge in [-0.25, -0.2) is 23.7 Å². The highest BCUT2D eigenvalue weighted by Crippen LogP contribution is 2.50. The minimum Gasteiger partial charge on any atom is -0.388 e. The molecule has 2 atom stereocenters. The lowest BCUT2D eigenvalue weighted by Gasteiger charge is -2.16. The van der Waals surface area contributed by atoms with Crippen LogP contribution in [0.15, 0.2) is 63.9 Å². The number of aromatic amines is 1. The quantitative estimate of drug-likeness (QED) is 0.182. The van der Waals surface area contributed by atoms with Gasteiger partial charge in [0, 0.05) is 23.2 Å². The fourth-order valence-corrected chi connectivity index (χ4v) is 8.84. The lowest BCUT2D eigenvalue weighted by atomic mass is 9.93. The van der Waals surface area contributed by atoms with Gasteiger partial charge in [-0.05, 0) is 97.0 Å². The highest BCUT2D eigenvalue weighted by Gasteiger charge is 2.45. The Morgan fingerprint density at radius 2 is 1.92 bits per heavy atom. The van der Waals surface area contributed by atoms with Crippen molar-refractivity contribution in [2.75, 3.05) is 11.9 Å². The summed E-state index contributed by atoms with van der Waals surface area (Å²) in [6.45, 7) is 0.626. The van der Waals surface area contributed by atoms with Crippen molar-refractivity contribution in [3.63, 3.8) is 0 Å². The summed E-state index contributed by atoms with van der Waals surface area (Å²) in [4.78, 5) is 38.9. The first-order valence-electron chi connectivity index (χ1n) is 16.4. The second-order valence-electron chi connectivity index (χ2n) is 12.8. The van der Waals surface area contributed by atoms with Gasteiger partial charge in [0.1, 0.15) is 23.5 Å². The van der Waals surface area contributed by atoms with E-state index in [4.69, 9.17) is 9.40 Å². The first-order valence-corrected chi connectivity index (χ1v) is 17.2. The van der Waals surface area contributed by atoms with Crippen LogP contribution < -0.4 is 11.1 Å². The predicted octanol–water partition coefficient (Wildman–Crippen LogP) is 7.03. The summed E-state index contributed by atoms with van der Waals surface area (Å²) < 4.78 is 34.8. The van der Waals surface area contributed by atoms with Gasteiger partial charge in [-0.15, -0.1) is 16.4 Å². The number of carbonyl (C=O) groups excluding carboxylic acids is 1. The number of nitrogens with one attached hydrogen (secondary N) is 2. The number of hydrogen-bond acceptors (Lipinski definition) is 9. The molecule has 3 aliphatic rings. The van der Waals surface area contributed by atoms with Gasteiger partial charge in [0.25, 0.3) is 11.8 Å². The summed E-state index contributed by atoms with van der Waals surface area (Å²) >= 11 is 1.45. The van der Waals surface area contributed by atoms with Crippen molar-refractivity contribution in [3.05, 3.63) is 116 Å². The Bertz CT molecular complexity index is 2460. The summed E-state index contributed by atoms with van der Waals surface area (Å²) in [5, 5.41) is 20.3. The predicted molar refractivity (Wildman–Crippen MR) is 182 cm³/mol. The maximum atomic E-state index is 14.7.